The van der Waals surface area contributed by atoms with Crippen LogP contribution in [0.25, 0.3) is 0 Å². The first-order valence-electron chi connectivity index (χ1n) is 7.20. The number of nitrogens with zero attached hydrogens (tertiary/aromatic N) is 3. The highest BCUT2D eigenvalue weighted by Crippen LogP contribution is 2.41. The molecule has 0 amide bonds. The van der Waals surface area contributed by atoms with Gasteiger partial charge in [0.2, 0.25) is 5.95 Å². The van der Waals surface area contributed by atoms with Gasteiger partial charge in [-0.15, -0.1) is 0 Å². The minimum Gasteiger partial charge on any atom is -0.341 e. The van der Waals surface area contributed by atoms with E-state index in [2.05, 4.69) is 22.1 Å². The van der Waals surface area contributed by atoms with Crippen molar-refractivity contribution < 1.29 is 0 Å². The summed E-state index contributed by atoms with van der Waals surface area (Å²) >= 11 is 0. The van der Waals surface area contributed by atoms with Crippen molar-refractivity contribution in [2.24, 2.45) is 0 Å². The van der Waals surface area contributed by atoms with Gasteiger partial charge in [0, 0.05) is 37.3 Å². The average Bonchev–Trinajstić information content (AvgIpc) is 3.11. The molecule has 4 heteroatoms. The molecule has 1 N–H and O–H groups in total. The van der Waals surface area contributed by atoms with Crippen molar-refractivity contribution in [2.75, 3.05) is 24.5 Å². The molecular formula is C14H22N4. The summed E-state index contributed by atoms with van der Waals surface area (Å²) in [4.78, 5) is 11.7. The molecule has 4 nitrogen and oxygen atoms in total. The molecule has 1 saturated heterocycles. The highest BCUT2D eigenvalue weighted by molar-refractivity contribution is 5.36. The molecule has 3 rings (SSSR count). The Morgan fingerprint density at radius 2 is 2.11 bits per heavy atom. The zero-order valence-corrected chi connectivity index (χ0v) is 11.2. The Morgan fingerprint density at radius 1 is 1.33 bits per heavy atom. The maximum Gasteiger partial charge on any atom is 0.225 e. The summed E-state index contributed by atoms with van der Waals surface area (Å²) in [5, 5.41) is 3.38. The second-order valence-corrected chi connectivity index (χ2v) is 5.33. The van der Waals surface area contributed by atoms with Crippen molar-refractivity contribution in [3.05, 3.63) is 17.5 Å². The molecule has 1 aliphatic heterocycles. The molecule has 18 heavy (non-hydrogen) atoms. The molecule has 1 aliphatic carbocycles. The maximum atomic E-state index is 4.84. The van der Waals surface area contributed by atoms with Crippen LogP contribution in [-0.2, 0) is 6.54 Å². The summed E-state index contributed by atoms with van der Waals surface area (Å²) in [5.41, 5.74) is 2.59. The topological polar surface area (TPSA) is 41.1 Å². The minimum atomic E-state index is 0.697. The van der Waals surface area contributed by atoms with Crippen LogP contribution < -0.4 is 10.2 Å². The Kier molecular flexibility index (Phi) is 3.46. The van der Waals surface area contributed by atoms with Gasteiger partial charge in [-0.2, -0.15) is 0 Å². The van der Waals surface area contributed by atoms with Crippen LogP contribution in [0.5, 0.6) is 0 Å². The van der Waals surface area contributed by atoms with Gasteiger partial charge in [-0.1, -0.05) is 6.92 Å². The molecule has 1 aromatic rings. The fourth-order valence-corrected chi connectivity index (χ4v) is 2.59. The van der Waals surface area contributed by atoms with Crippen LogP contribution in [0, 0.1) is 0 Å². The van der Waals surface area contributed by atoms with Crippen LogP contribution in [-0.4, -0.2) is 29.6 Å². The van der Waals surface area contributed by atoms with Crippen LogP contribution in [0.4, 0.5) is 5.95 Å². The highest BCUT2D eigenvalue weighted by atomic mass is 15.3. The SMILES string of the molecule is CCNCc1cnc(N2CCCC2)nc1C1CC1. The third kappa shape index (κ3) is 2.48. The predicted octanol–water partition coefficient (Wildman–Crippen LogP) is 2.06. The van der Waals surface area contributed by atoms with Crippen LogP contribution in [0.15, 0.2) is 6.20 Å². The summed E-state index contributed by atoms with van der Waals surface area (Å²) in [6.45, 7) is 6.28. The van der Waals surface area contributed by atoms with Crippen molar-refractivity contribution in [1.29, 1.82) is 0 Å². The lowest BCUT2D eigenvalue weighted by molar-refractivity contribution is 0.708. The Balaban J connectivity index is 1.82. The monoisotopic (exact) mass is 246 g/mol. The van der Waals surface area contributed by atoms with Gasteiger partial charge in [-0.3, -0.25) is 0 Å². The van der Waals surface area contributed by atoms with E-state index < -0.39 is 0 Å². The van der Waals surface area contributed by atoms with Gasteiger partial charge in [0.25, 0.3) is 0 Å². The van der Waals surface area contributed by atoms with Crippen LogP contribution in [0.3, 0.4) is 0 Å². The molecule has 0 unspecified atom stereocenters. The average molecular weight is 246 g/mol. The first-order valence-corrected chi connectivity index (χ1v) is 7.20. The molecule has 2 fully saturated rings. The Morgan fingerprint density at radius 3 is 2.78 bits per heavy atom. The molecule has 1 aromatic heterocycles. The molecule has 0 bridgehead atoms. The van der Waals surface area contributed by atoms with Gasteiger partial charge in [-0.25, -0.2) is 9.97 Å². The summed E-state index contributed by atoms with van der Waals surface area (Å²) in [6.07, 6.45) is 7.20. The van der Waals surface area contributed by atoms with Crippen molar-refractivity contribution in [2.45, 2.75) is 45.1 Å². The van der Waals surface area contributed by atoms with E-state index in [1.807, 2.05) is 6.20 Å². The van der Waals surface area contributed by atoms with E-state index in [0.29, 0.717) is 5.92 Å². The zero-order valence-electron chi connectivity index (χ0n) is 11.2. The summed E-state index contributed by atoms with van der Waals surface area (Å²) in [6, 6.07) is 0. The van der Waals surface area contributed by atoms with E-state index in [0.717, 1.165) is 32.1 Å². The maximum absolute atomic E-state index is 4.84. The van der Waals surface area contributed by atoms with Crippen molar-refractivity contribution in [3.63, 3.8) is 0 Å². The van der Waals surface area contributed by atoms with Gasteiger partial charge in [0.1, 0.15) is 0 Å². The fraction of sp³-hybridized carbons (Fsp3) is 0.714. The van der Waals surface area contributed by atoms with Crippen LogP contribution in [0.2, 0.25) is 0 Å². The van der Waals surface area contributed by atoms with Gasteiger partial charge in [-0.05, 0) is 32.2 Å². The summed E-state index contributed by atoms with van der Waals surface area (Å²) < 4.78 is 0. The molecule has 0 spiro atoms. The van der Waals surface area contributed by atoms with Gasteiger partial charge < -0.3 is 10.2 Å². The third-order valence-corrected chi connectivity index (χ3v) is 3.80. The van der Waals surface area contributed by atoms with E-state index in [4.69, 9.17) is 4.98 Å². The predicted molar refractivity (Wildman–Crippen MR) is 72.8 cm³/mol. The summed E-state index contributed by atoms with van der Waals surface area (Å²) in [7, 11) is 0. The van der Waals surface area contributed by atoms with E-state index in [1.54, 1.807) is 0 Å². The molecular weight excluding hydrogens is 224 g/mol. The van der Waals surface area contributed by atoms with Gasteiger partial charge in [0.15, 0.2) is 0 Å². The molecule has 2 heterocycles. The standard InChI is InChI=1S/C14H22N4/c1-2-15-9-12-10-16-14(18-7-3-4-8-18)17-13(12)11-5-6-11/h10-11,15H,2-9H2,1H3. The number of rotatable bonds is 5. The van der Waals surface area contributed by atoms with Crippen molar-refractivity contribution in [3.8, 4) is 0 Å². The summed E-state index contributed by atoms with van der Waals surface area (Å²) in [5.74, 6) is 1.65. The molecule has 0 atom stereocenters. The number of anilines is 1. The first kappa shape index (κ1) is 11.9. The first-order chi connectivity index (χ1) is 8.88. The quantitative estimate of drug-likeness (QED) is 0.863. The van der Waals surface area contributed by atoms with E-state index in [1.165, 1.54) is 36.9 Å². The second kappa shape index (κ2) is 5.22. The van der Waals surface area contributed by atoms with E-state index in [-0.39, 0.29) is 0 Å². The number of aromatic nitrogens is 2. The smallest absolute Gasteiger partial charge is 0.225 e. The minimum absolute atomic E-state index is 0.697. The van der Waals surface area contributed by atoms with Gasteiger partial charge >= 0.3 is 0 Å². The van der Waals surface area contributed by atoms with Gasteiger partial charge in [0.05, 0.1) is 5.69 Å². The largest absolute Gasteiger partial charge is 0.341 e. The van der Waals surface area contributed by atoms with Crippen molar-refractivity contribution >= 4 is 5.95 Å². The molecule has 2 aliphatic rings. The van der Waals surface area contributed by atoms with Crippen LogP contribution >= 0.6 is 0 Å². The van der Waals surface area contributed by atoms with Crippen molar-refractivity contribution in [1.82, 2.24) is 15.3 Å². The Labute approximate surface area is 109 Å². The molecule has 0 aromatic carbocycles. The number of hydrogen-bond donors (Lipinski definition) is 1. The highest BCUT2D eigenvalue weighted by Gasteiger charge is 2.29. The molecule has 98 valence electrons. The van der Waals surface area contributed by atoms with Crippen LogP contribution in [0.1, 0.15) is 49.8 Å². The normalized spacial score (nSPS) is 19.5. The fourth-order valence-electron chi connectivity index (χ4n) is 2.59. The lowest BCUT2D eigenvalue weighted by atomic mass is 10.1. The molecule has 1 saturated carbocycles. The lowest BCUT2D eigenvalue weighted by Gasteiger charge is -2.17. The zero-order chi connectivity index (χ0) is 12.4. The Bertz CT molecular complexity index is 408. The second-order valence-electron chi connectivity index (χ2n) is 5.33. The number of hydrogen-bond acceptors (Lipinski definition) is 4. The molecule has 0 radical (unpaired) electrons. The third-order valence-electron chi connectivity index (χ3n) is 3.80. The Hall–Kier alpha value is -1.16. The van der Waals surface area contributed by atoms with E-state index in [9.17, 15) is 0 Å². The lowest BCUT2D eigenvalue weighted by Crippen LogP contribution is -2.22. The number of nitrogens with one attached hydrogen (secondary N) is 1. The van der Waals surface area contributed by atoms with E-state index >= 15 is 0 Å².